The SMILES string of the molecule is COc1cc([C@@]23C=CC(=O)CC2N(C)CC3)cc(F)c1OC. The highest BCUT2D eigenvalue weighted by Crippen LogP contribution is 2.47. The molecule has 1 unspecified atom stereocenters. The van der Waals surface area contributed by atoms with Crippen molar-refractivity contribution in [2.45, 2.75) is 24.3 Å². The van der Waals surface area contributed by atoms with Crippen LogP contribution >= 0.6 is 0 Å². The molecule has 0 aromatic heterocycles. The first-order valence-electron chi connectivity index (χ1n) is 7.36. The van der Waals surface area contributed by atoms with Crippen LogP contribution in [0.4, 0.5) is 4.39 Å². The Morgan fingerprint density at radius 3 is 2.77 bits per heavy atom. The number of carbonyl (C=O) groups is 1. The number of ketones is 1. The van der Waals surface area contributed by atoms with Gasteiger partial charge in [-0.3, -0.25) is 4.79 Å². The first-order valence-corrected chi connectivity index (χ1v) is 7.36. The number of allylic oxidation sites excluding steroid dienone is 1. The van der Waals surface area contributed by atoms with Gasteiger partial charge in [0.2, 0.25) is 0 Å². The molecule has 1 aromatic rings. The fourth-order valence-corrected chi connectivity index (χ4v) is 3.73. The first-order chi connectivity index (χ1) is 10.5. The van der Waals surface area contributed by atoms with Crippen molar-refractivity contribution < 1.29 is 18.7 Å². The summed E-state index contributed by atoms with van der Waals surface area (Å²) < 4.78 is 24.7. The number of benzene rings is 1. The Morgan fingerprint density at radius 2 is 2.09 bits per heavy atom. The maximum atomic E-state index is 14.4. The molecule has 0 amide bonds. The molecule has 22 heavy (non-hydrogen) atoms. The van der Waals surface area contributed by atoms with Crippen LogP contribution in [0.3, 0.4) is 0 Å². The molecule has 0 N–H and O–H groups in total. The summed E-state index contributed by atoms with van der Waals surface area (Å²) in [7, 11) is 4.93. The van der Waals surface area contributed by atoms with Crippen molar-refractivity contribution in [3.05, 3.63) is 35.7 Å². The van der Waals surface area contributed by atoms with E-state index in [1.54, 1.807) is 6.08 Å². The van der Waals surface area contributed by atoms with Gasteiger partial charge >= 0.3 is 0 Å². The Bertz CT molecular complexity index is 643. The highest BCUT2D eigenvalue weighted by molar-refractivity contribution is 5.92. The molecule has 0 spiro atoms. The average Bonchev–Trinajstić information content (AvgIpc) is 2.84. The van der Waals surface area contributed by atoms with Gasteiger partial charge in [0.15, 0.2) is 23.1 Å². The summed E-state index contributed by atoms with van der Waals surface area (Å²) in [5.74, 6) is 0.173. The predicted molar refractivity (Wildman–Crippen MR) is 81.0 cm³/mol. The molecular weight excluding hydrogens is 285 g/mol. The minimum atomic E-state index is -0.440. The van der Waals surface area contributed by atoms with E-state index in [-0.39, 0.29) is 23.0 Å². The lowest BCUT2D eigenvalue weighted by Crippen LogP contribution is -2.43. The van der Waals surface area contributed by atoms with E-state index in [1.807, 2.05) is 19.2 Å². The van der Waals surface area contributed by atoms with Crippen LogP contribution in [0.15, 0.2) is 24.3 Å². The number of likely N-dealkylation sites (tertiary alicyclic amines) is 1. The highest BCUT2D eigenvalue weighted by atomic mass is 19.1. The van der Waals surface area contributed by atoms with Crippen molar-refractivity contribution in [3.8, 4) is 11.5 Å². The van der Waals surface area contributed by atoms with Gasteiger partial charge in [-0.05, 0) is 43.8 Å². The van der Waals surface area contributed by atoms with E-state index in [0.29, 0.717) is 12.2 Å². The molecule has 2 aliphatic rings. The third kappa shape index (κ3) is 2.11. The predicted octanol–water partition coefficient (Wildman–Crippen LogP) is 2.31. The second-order valence-electron chi connectivity index (χ2n) is 5.98. The summed E-state index contributed by atoms with van der Waals surface area (Å²) in [6.07, 6.45) is 4.88. The summed E-state index contributed by atoms with van der Waals surface area (Å²) in [5.41, 5.74) is 0.490. The number of nitrogens with zero attached hydrogens (tertiary/aromatic N) is 1. The van der Waals surface area contributed by atoms with Gasteiger partial charge in [-0.15, -0.1) is 0 Å². The first kappa shape index (κ1) is 15.0. The number of hydrogen-bond acceptors (Lipinski definition) is 4. The number of ether oxygens (including phenoxy) is 2. The number of hydrogen-bond donors (Lipinski definition) is 0. The van der Waals surface area contributed by atoms with Crippen LogP contribution in [-0.2, 0) is 10.2 Å². The van der Waals surface area contributed by atoms with Crippen LogP contribution in [0.2, 0.25) is 0 Å². The van der Waals surface area contributed by atoms with Gasteiger partial charge in [-0.2, -0.15) is 0 Å². The zero-order valence-corrected chi connectivity index (χ0v) is 13.1. The van der Waals surface area contributed by atoms with Crippen LogP contribution in [0.5, 0.6) is 11.5 Å². The fraction of sp³-hybridized carbons (Fsp3) is 0.471. The molecule has 2 atom stereocenters. The fourth-order valence-electron chi connectivity index (χ4n) is 3.73. The lowest BCUT2D eigenvalue weighted by Gasteiger charge is -2.37. The molecule has 5 heteroatoms. The van der Waals surface area contributed by atoms with E-state index in [1.165, 1.54) is 20.3 Å². The van der Waals surface area contributed by atoms with Gasteiger partial charge in [0.1, 0.15) is 0 Å². The van der Waals surface area contributed by atoms with Crippen LogP contribution < -0.4 is 9.47 Å². The van der Waals surface area contributed by atoms with Gasteiger partial charge in [0.05, 0.1) is 14.2 Å². The molecule has 3 rings (SSSR count). The van der Waals surface area contributed by atoms with E-state index in [2.05, 4.69) is 4.90 Å². The van der Waals surface area contributed by atoms with Crippen LogP contribution in [0, 0.1) is 5.82 Å². The number of likely N-dealkylation sites (N-methyl/N-ethyl adjacent to an activating group) is 1. The zero-order valence-electron chi connectivity index (χ0n) is 13.1. The molecule has 1 aliphatic carbocycles. The molecule has 1 fully saturated rings. The second kappa shape index (κ2) is 5.39. The summed E-state index contributed by atoms with van der Waals surface area (Å²) in [4.78, 5) is 14.0. The maximum absolute atomic E-state index is 14.4. The van der Waals surface area contributed by atoms with Crippen molar-refractivity contribution in [1.29, 1.82) is 0 Å². The maximum Gasteiger partial charge on any atom is 0.196 e. The summed E-state index contributed by atoms with van der Waals surface area (Å²) in [6.45, 7) is 0.873. The molecule has 0 saturated carbocycles. The quantitative estimate of drug-likeness (QED) is 0.859. The summed E-state index contributed by atoms with van der Waals surface area (Å²) >= 11 is 0. The standard InChI is InChI=1S/C17H20FNO3/c1-19-7-6-17(5-4-12(20)10-15(17)19)11-8-13(18)16(22-3)14(9-11)21-2/h4-5,8-9,15H,6-7,10H2,1-3H3/t15?,17-/m0/s1. The lowest BCUT2D eigenvalue weighted by molar-refractivity contribution is -0.116. The number of halogens is 1. The minimum absolute atomic E-state index is 0.0579. The Labute approximate surface area is 129 Å². The van der Waals surface area contributed by atoms with Gasteiger partial charge < -0.3 is 14.4 Å². The average molecular weight is 305 g/mol. The van der Waals surface area contributed by atoms with Crippen molar-refractivity contribution >= 4 is 5.78 Å². The third-order valence-electron chi connectivity index (χ3n) is 4.94. The Balaban J connectivity index is 2.15. The van der Waals surface area contributed by atoms with Crippen molar-refractivity contribution in [2.24, 2.45) is 0 Å². The molecule has 1 heterocycles. The van der Waals surface area contributed by atoms with Crippen molar-refractivity contribution in [3.63, 3.8) is 0 Å². The number of fused-ring (bicyclic) bond motifs is 1. The minimum Gasteiger partial charge on any atom is -0.493 e. The highest BCUT2D eigenvalue weighted by Gasteiger charge is 2.48. The lowest BCUT2D eigenvalue weighted by atomic mass is 9.69. The number of rotatable bonds is 3. The van der Waals surface area contributed by atoms with Crippen molar-refractivity contribution in [2.75, 3.05) is 27.8 Å². The van der Waals surface area contributed by atoms with Crippen molar-refractivity contribution in [1.82, 2.24) is 4.90 Å². The zero-order chi connectivity index (χ0) is 15.9. The van der Waals surface area contributed by atoms with E-state index in [4.69, 9.17) is 9.47 Å². The van der Waals surface area contributed by atoms with Gasteiger partial charge in [-0.25, -0.2) is 4.39 Å². The van der Waals surface area contributed by atoms with Crippen LogP contribution in [0.25, 0.3) is 0 Å². The Kier molecular flexibility index (Phi) is 3.68. The summed E-state index contributed by atoms with van der Waals surface area (Å²) in [5, 5.41) is 0. The topological polar surface area (TPSA) is 38.8 Å². The van der Waals surface area contributed by atoms with Gasteiger partial charge in [-0.1, -0.05) is 6.08 Å². The van der Waals surface area contributed by atoms with E-state index in [9.17, 15) is 9.18 Å². The normalized spacial score (nSPS) is 27.8. The molecule has 118 valence electrons. The van der Waals surface area contributed by atoms with Gasteiger partial charge in [0, 0.05) is 17.9 Å². The molecular formula is C17H20FNO3. The van der Waals surface area contributed by atoms with E-state index in [0.717, 1.165) is 18.5 Å². The molecule has 4 nitrogen and oxygen atoms in total. The Hall–Kier alpha value is -1.88. The molecule has 0 radical (unpaired) electrons. The number of carbonyl (C=O) groups excluding carboxylic acids is 1. The number of methoxy groups -OCH3 is 2. The molecule has 1 aromatic carbocycles. The van der Waals surface area contributed by atoms with Crippen LogP contribution in [0.1, 0.15) is 18.4 Å². The largest absolute Gasteiger partial charge is 0.493 e. The molecule has 1 saturated heterocycles. The third-order valence-corrected chi connectivity index (χ3v) is 4.94. The second-order valence-corrected chi connectivity index (χ2v) is 5.98. The smallest absolute Gasteiger partial charge is 0.196 e. The Morgan fingerprint density at radius 1 is 1.32 bits per heavy atom. The van der Waals surface area contributed by atoms with Gasteiger partial charge in [0.25, 0.3) is 0 Å². The van der Waals surface area contributed by atoms with E-state index >= 15 is 0 Å². The summed E-state index contributed by atoms with van der Waals surface area (Å²) in [6, 6.07) is 3.39. The molecule has 0 bridgehead atoms. The monoisotopic (exact) mass is 305 g/mol. The van der Waals surface area contributed by atoms with Crippen LogP contribution in [-0.4, -0.2) is 44.5 Å². The molecule has 1 aliphatic heterocycles. The van der Waals surface area contributed by atoms with E-state index < -0.39 is 5.82 Å².